The molecule has 21 nitrogen and oxygen atoms in total. The Morgan fingerprint density at radius 1 is 0.600 bits per heavy atom. The van der Waals surface area contributed by atoms with Crippen molar-refractivity contribution in [2.75, 3.05) is 42.2 Å². The maximum absolute atomic E-state index is 15.1. The van der Waals surface area contributed by atoms with E-state index in [4.69, 9.17) is 83.7 Å². The molecule has 25 atom stereocenters. The van der Waals surface area contributed by atoms with Gasteiger partial charge in [-0.3, -0.25) is 0 Å². The Hall–Kier alpha value is -1.51. The van der Waals surface area contributed by atoms with Crippen LogP contribution in [0, 0.1) is 17.8 Å². The summed E-state index contributed by atoms with van der Waals surface area (Å²) < 4.78 is 126. The van der Waals surface area contributed by atoms with Crippen LogP contribution in [0.4, 0.5) is 0 Å². The van der Waals surface area contributed by atoms with Gasteiger partial charge in [0.2, 0.25) is 5.79 Å². The summed E-state index contributed by atoms with van der Waals surface area (Å²) in [6.45, 7) is 60.6. The fourth-order valence-electron chi connectivity index (χ4n) is 18.4. The number of aliphatic hydroxyl groups excluding tert-OH is 2. The summed E-state index contributed by atoms with van der Waals surface area (Å²) in [5.74, 6) is -3.66. The number of rotatable bonds is 38. The van der Waals surface area contributed by atoms with Gasteiger partial charge in [-0.25, -0.2) is 4.79 Å². The molecule has 0 bridgehead atoms. The van der Waals surface area contributed by atoms with Gasteiger partial charge in [-0.1, -0.05) is 172 Å². The largest absolute Gasteiger partial charge is 0.456 e. The standard InChI is InChI=1S/C89H168O21Si5/c1-34-112(35-2,36-3)107-78-64(18)72(54-69(58-93-27)101-77-57-88(26,110-115(43-10,44-11)45-12)84(68(22)99-77)104-76-56-74(95-29)79(66(20)98-76)106-111(32,33)87(23,24)25)105-89(97-31,65(78)19)83(91)75-55-73(94-28)70(90)48-46-47-59(13)49-50-71(62(16)52-60(14)51-61(15)53-63(17)85(92)102-75)103-86-82(109-114(40-7,41-8)42-9)81(80(96-30)67(21)100-86)108-113(37-4,38-5)39-6/h47,49-53,62,64-84,86,90-91H,34-46,48,54-58H2,1-33H3/b50-49+,59-47+,60-52+,61-51+,63-53+/t62-,64+,65-,66-,67+,68+,69-,70+,71-,72-,73+,74-,75+,76+,77+,78+,79-,80+,81-,82+,83-,84+,86+,88+,89-/m1/s1. The molecule has 0 unspecified atom stereocenters. The van der Waals surface area contributed by atoms with E-state index in [1.165, 1.54) is 14.2 Å². The summed E-state index contributed by atoms with van der Waals surface area (Å²) in [4.78, 5) is 15.1. The van der Waals surface area contributed by atoms with E-state index in [9.17, 15) is 10.2 Å². The van der Waals surface area contributed by atoms with E-state index in [1.807, 2.05) is 40.7 Å². The lowest BCUT2D eigenvalue weighted by atomic mass is 9.76. The Balaban J connectivity index is 1.58. The maximum atomic E-state index is 15.1. The zero-order valence-electron chi connectivity index (χ0n) is 78.3. The summed E-state index contributed by atoms with van der Waals surface area (Å²) in [5, 5.41) is 26.1. The number of carbonyl (C=O) groups is 1. The molecular weight excluding hydrogens is 1550 g/mol. The molecule has 115 heavy (non-hydrogen) atoms. The summed E-state index contributed by atoms with van der Waals surface area (Å²) in [6, 6.07) is 11.1. The van der Waals surface area contributed by atoms with Crippen molar-refractivity contribution >= 4 is 47.6 Å². The number of esters is 1. The van der Waals surface area contributed by atoms with Gasteiger partial charge < -0.3 is 93.9 Å². The normalized spacial score (nSPS) is 36.8. The number of hydrogen-bond donors (Lipinski definition) is 2. The topological polar surface area (TPSA) is 224 Å². The smallest absolute Gasteiger partial charge is 0.334 e. The molecule has 670 valence electrons. The highest BCUT2D eigenvalue weighted by Gasteiger charge is 2.62. The lowest BCUT2D eigenvalue weighted by molar-refractivity contribution is -0.372. The Labute approximate surface area is 704 Å². The van der Waals surface area contributed by atoms with Crippen molar-refractivity contribution in [2.45, 2.75) is 443 Å². The maximum Gasteiger partial charge on any atom is 0.334 e. The number of ether oxygens (including phenoxy) is 13. The van der Waals surface area contributed by atoms with Crippen LogP contribution in [-0.2, 0) is 88.5 Å². The van der Waals surface area contributed by atoms with Crippen LogP contribution in [0.5, 0.6) is 0 Å². The predicted molar refractivity (Wildman–Crippen MR) is 473 cm³/mol. The van der Waals surface area contributed by atoms with Crippen molar-refractivity contribution in [3.8, 4) is 0 Å². The minimum Gasteiger partial charge on any atom is -0.456 e. The van der Waals surface area contributed by atoms with Gasteiger partial charge in [-0.15, -0.1) is 0 Å². The first-order valence-electron chi connectivity index (χ1n) is 44.7. The lowest BCUT2D eigenvalue weighted by Gasteiger charge is -2.56. The van der Waals surface area contributed by atoms with E-state index in [1.54, 1.807) is 34.3 Å². The van der Waals surface area contributed by atoms with Crippen molar-refractivity contribution < 1.29 is 98.7 Å². The van der Waals surface area contributed by atoms with E-state index in [0.717, 1.165) is 89.2 Å². The number of cyclic esters (lactones) is 1. The van der Waals surface area contributed by atoms with Crippen LogP contribution in [0.25, 0.3) is 0 Å². The highest BCUT2D eigenvalue weighted by molar-refractivity contribution is 6.75. The highest BCUT2D eigenvalue weighted by Crippen LogP contribution is 2.50. The third kappa shape index (κ3) is 26.3. The molecule has 5 aliphatic heterocycles. The molecule has 0 aromatic rings. The molecule has 4 fully saturated rings. The van der Waals surface area contributed by atoms with E-state index in [-0.39, 0.29) is 78.8 Å². The second-order valence-electron chi connectivity index (χ2n) is 36.3. The summed E-state index contributed by atoms with van der Waals surface area (Å²) in [6.07, 6.45) is 0.872. The van der Waals surface area contributed by atoms with Crippen molar-refractivity contribution in [2.24, 2.45) is 17.8 Å². The van der Waals surface area contributed by atoms with Gasteiger partial charge in [0.1, 0.15) is 36.6 Å². The Kier molecular flexibility index (Phi) is 42.0. The predicted octanol–water partition coefficient (Wildman–Crippen LogP) is 19.4. The van der Waals surface area contributed by atoms with Crippen LogP contribution in [0.1, 0.15) is 219 Å². The fourth-order valence-corrected chi connectivity index (χ4v) is 31.6. The van der Waals surface area contributed by atoms with Crippen LogP contribution in [-0.4, -0.2) is 234 Å². The fraction of sp³-hybridized carbons (Fsp3) is 0.876. The molecule has 0 radical (unpaired) electrons. The van der Waals surface area contributed by atoms with Gasteiger partial charge in [-0.2, -0.15) is 0 Å². The third-order valence-corrected chi connectivity index (χ3v) is 51.3. The summed E-state index contributed by atoms with van der Waals surface area (Å²) in [7, 11) is -3.30. The van der Waals surface area contributed by atoms with E-state index in [2.05, 4.69) is 176 Å². The quantitative estimate of drug-likeness (QED) is 0.0433. The third-order valence-electron chi connectivity index (χ3n) is 28.1. The minimum absolute atomic E-state index is 0.00683. The van der Waals surface area contributed by atoms with Crippen LogP contribution in [0.2, 0.25) is 90.7 Å². The Morgan fingerprint density at radius 3 is 1.64 bits per heavy atom. The van der Waals surface area contributed by atoms with Gasteiger partial charge in [0.05, 0.1) is 79.4 Å². The highest BCUT2D eigenvalue weighted by atomic mass is 28.4. The molecule has 4 saturated heterocycles. The molecule has 0 aliphatic carbocycles. The minimum atomic E-state index is -2.44. The second kappa shape index (κ2) is 46.5. The molecule has 2 N–H and O–H groups in total. The molecule has 5 aliphatic rings. The first kappa shape index (κ1) is 104. The molecule has 0 spiro atoms. The summed E-state index contributed by atoms with van der Waals surface area (Å²) >= 11 is 0. The van der Waals surface area contributed by atoms with Gasteiger partial charge in [-0.05, 0) is 165 Å². The van der Waals surface area contributed by atoms with Crippen LogP contribution >= 0.6 is 0 Å². The second-order valence-corrected chi connectivity index (χ2v) is 59.9. The number of allylic oxidation sites excluding steroid dienone is 7. The van der Waals surface area contributed by atoms with E-state index >= 15 is 4.79 Å². The zero-order chi connectivity index (χ0) is 86.6. The van der Waals surface area contributed by atoms with Gasteiger partial charge in [0.25, 0.3) is 0 Å². The molecule has 0 aromatic heterocycles. The summed E-state index contributed by atoms with van der Waals surface area (Å²) in [5.41, 5.74) is 2.10. The Morgan fingerprint density at radius 2 is 1.13 bits per heavy atom. The van der Waals surface area contributed by atoms with Crippen molar-refractivity contribution in [1.29, 1.82) is 0 Å². The molecule has 5 rings (SSSR count). The van der Waals surface area contributed by atoms with Crippen molar-refractivity contribution in [3.63, 3.8) is 0 Å². The number of methoxy groups -OCH3 is 5. The SMILES string of the molecule is CC[Si](CC)(CC)O[C@H]1[C@H](O[Si](CC)(CC)CC)[C@H](O[C@@H]2/C=C/C(C)=C/CC[C@H](O)[C@@H](OC)C[C@@H]([C@@H](O)[C@]3(OC)O[C@H](C[C@H](COC)O[C@H]4C[C@](C)(O[Si](CC)(CC)CC)[C@@H](O[C@H]5C[C@@H](OC)[C@H](O[Si](C)(C)C(C)(C)C)[C@@H](C)O5)[C@H](C)O4)[C@H](C)[C@H](O[Si](CC)(CC)CC)[C@H]3C)OC(=O)/C(C)=C/C(C)=C/C(C)=C/[C@H]2C)O[C@@H](C)[C@@H]1OC. The molecule has 5 heterocycles. The van der Waals surface area contributed by atoms with Crippen molar-refractivity contribution in [3.05, 3.63) is 58.7 Å². The first-order chi connectivity index (χ1) is 54.1. The molecule has 26 heteroatoms. The monoisotopic (exact) mass is 1710 g/mol. The molecule has 0 saturated carbocycles. The number of carbonyl (C=O) groups excluding carboxylic acids is 1. The zero-order valence-corrected chi connectivity index (χ0v) is 83.3. The first-order valence-corrected chi connectivity index (χ1v) is 57.7. The van der Waals surface area contributed by atoms with Crippen molar-refractivity contribution in [1.82, 2.24) is 0 Å². The van der Waals surface area contributed by atoms with Crippen LogP contribution in [0.3, 0.4) is 0 Å². The van der Waals surface area contributed by atoms with Gasteiger partial charge in [0.15, 0.2) is 60.5 Å². The average molecular weight is 1710 g/mol. The van der Waals surface area contributed by atoms with Gasteiger partial charge >= 0.3 is 5.97 Å². The number of hydrogen-bond acceptors (Lipinski definition) is 21. The molecule has 0 aromatic carbocycles. The number of aliphatic hydroxyl groups is 2. The average Bonchev–Trinajstić information content (AvgIpc) is 0.750. The van der Waals surface area contributed by atoms with Gasteiger partial charge in [0, 0.05) is 84.6 Å². The van der Waals surface area contributed by atoms with Crippen LogP contribution in [0.15, 0.2) is 58.7 Å². The van der Waals surface area contributed by atoms with E-state index in [0.29, 0.717) is 19.3 Å². The lowest BCUT2D eigenvalue weighted by Crippen LogP contribution is -2.68. The van der Waals surface area contributed by atoms with E-state index < -0.39 is 157 Å². The Bertz CT molecular complexity index is 3010. The van der Waals surface area contributed by atoms with Crippen LogP contribution < -0.4 is 0 Å². The molecular formula is C89H168O21Si5. The molecule has 0 amide bonds.